The first-order valence-corrected chi connectivity index (χ1v) is 4.30. The van der Waals surface area contributed by atoms with E-state index in [-0.39, 0.29) is 5.41 Å². The summed E-state index contributed by atoms with van der Waals surface area (Å²) in [5, 5.41) is 0. The van der Waals surface area contributed by atoms with Gasteiger partial charge in [0.15, 0.2) is 0 Å². The smallest absolute Gasteiger partial charge is 0.135 e. The summed E-state index contributed by atoms with van der Waals surface area (Å²) in [4.78, 5) is 18.5. The van der Waals surface area contributed by atoms with Crippen LogP contribution < -0.4 is 0 Å². The molecule has 1 heterocycles. The molecule has 0 radical (unpaired) electrons. The molecule has 0 fully saturated rings. The van der Waals surface area contributed by atoms with Gasteiger partial charge in [-0.1, -0.05) is 20.8 Å². The van der Waals surface area contributed by atoms with E-state index >= 15 is 0 Å². The first-order valence-electron chi connectivity index (χ1n) is 4.30. The Bertz CT molecular complexity index is 302. The molecule has 3 nitrogen and oxygen atoms in total. The average molecular weight is 178 g/mol. The van der Waals surface area contributed by atoms with Gasteiger partial charge in [0.05, 0.1) is 6.42 Å². The molecule has 1 rings (SSSR count). The fourth-order valence-corrected chi connectivity index (χ4v) is 0.990. The topological polar surface area (TPSA) is 42.9 Å². The maximum Gasteiger partial charge on any atom is 0.135 e. The second-order valence-corrected chi connectivity index (χ2v) is 3.98. The zero-order chi connectivity index (χ0) is 9.90. The maximum atomic E-state index is 10.3. The van der Waals surface area contributed by atoms with Crippen LogP contribution in [0.15, 0.2) is 12.3 Å². The first-order chi connectivity index (χ1) is 6.04. The molecular weight excluding hydrogens is 164 g/mol. The van der Waals surface area contributed by atoms with Crippen molar-refractivity contribution in [2.45, 2.75) is 32.6 Å². The molecule has 70 valence electrons. The molecule has 0 bridgehead atoms. The highest BCUT2D eigenvalue weighted by Gasteiger charge is 2.15. The van der Waals surface area contributed by atoms with Gasteiger partial charge in [-0.25, -0.2) is 9.97 Å². The van der Waals surface area contributed by atoms with E-state index < -0.39 is 0 Å². The van der Waals surface area contributed by atoms with Crippen molar-refractivity contribution in [1.82, 2.24) is 9.97 Å². The van der Waals surface area contributed by atoms with E-state index in [1.807, 2.05) is 6.07 Å². The van der Waals surface area contributed by atoms with Gasteiger partial charge in [-0.05, 0) is 6.07 Å². The molecule has 3 heteroatoms. The number of carbonyl (C=O) groups excluding carboxylic acids is 1. The summed E-state index contributed by atoms with van der Waals surface area (Å²) in [5.74, 6) is 0.599. The minimum atomic E-state index is 0.0145. The molecule has 13 heavy (non-hydrogen) atoms. The number of hydrogen-bond donors (Lipinski definition) is 0. The molecule has 0 aliphatic carbocycles. The third-order valence-electron chi connectivity index (χ3n) is 1.74. The molecule has 1 aromatic rings. The highest BCUT2D eigenvalue weighted by Crippen LogP contribution is 2.18. The molecule has 0 N–H and O–H groups in total. The van der Waals surface area contributed by atoms with Crippen LogP contribution in [0.2, 0.25) is 0 Å². The summed E-state index contributed by atoms with van der Waals surface area (Å²) in [6, 6.07) is 1.88. The minimum absolute atomic E-state index is 0.0145. The van der Waals surface area contributed by atoms with Crippen LogP contribution in [0.4, 0.5) is 0 Å². The summed E-state index contributed by atoms with van der Waals surface area (Å²) >= 11 is 0. The van der Waals surface area contributed by atoms with Gasteiger partial charge in [0.25, 0.3) is 0 Å². The van der Waals surface area contributed by atoms with E-state index in [1.54, 1.807) is 6.20 Å². The molecule has 0 atom stereocenters. The van der Waals surface area contributed by atoms with E-state index in [9.17, 15) is 4.79 Å². The molecular formula is C10H14N2O. The van der Waals surface area contributed by atoms with Crippen molar-refractivity contribution in [2.24, 2.45) is 0 Å². The summed E-state index contributed by atoms with van der Waals surface area (Å²) < 4.78 is 0. The predicted molar refractivity (Wildman–Crippen MR) is 50.5 cm³/mol. The first kappa shape index (κ1) is 9.84. The van der Waals surface area contributed by atoms with E-state index in [4.69, 9.17) is 0 Å². The van der Waals surface area contributed by atoms with Crippen LogP contribution >= 0.6 is 0 Å². The van der Waals surface area contributed by atoms with Crippen molar-refractivity contribution in [3.63, 3.8) is 0 Å². The van der Waals surface area contributed by atoms with E-state index in [0.717, 1.165) is 12.0 Å². The van der Waals surface area contributed by atoms with Gasteiger partial charge in [0, 0.05) is 17.3 Å². The molecule has 0 aromatic carbocycles. The second kappa shape index (κ2) is 3.64. The Balaban J connectivity index is 2.98. The van der Waals surface area contributed by atoms with E-state index in [2.05, 4.69) is 30.7 Å². The molecule has 0 aliphatic heterocycles. The van der Waals surface area contributed by atoms with Crippen molar-refractivity contribution in [3.8, 4) is 0 Å². The van der Waals surface area contributed by atoms with Gasteiger partial charge in [-0.3, -0.25) is 0 Å². The van der Waals surface area contributed by atoms with Crippen molar-refractivity contribution in [2.75, 3.05) is 0 Å². The van der Waals surface area contributed by atoms with Crippen LogP contribution in [-0.2, 0) is 16.6 Å². The van der Waals surface area contributed by atoms with Crippen molar-refractivity contribution >= 4 is 6.29 Å². The van der Waals surface area contributed by atoms with Gasteiger partial charge >= 0.3 is 0 Å². The van der Waals surface area contributed by atoms with Crippen LogP contribution in [0.1, 0.15) is 32.3 Å². The molecule has 0 unspecified atom stereocenters. The van der Waals surface area contributed by atoms with Gasteiger partial charge < -0.3 is 4.79 Å². The quantitative estimate of drug-likeness (QED) is 0.645. The van der Waals surface area contributed by atoms with E-state index in [1.165, 1.54) is 0 Å². The number of nitrogens with zero attached hydrogens (tertiary/aromatic N) is 2. The Labute approximate surface area is 78.2 Å². The Morgan fingerprint density at radius 3 is 2.69 bits per heavy atom. The average Bonchev–Trinajstić information content (AvgIpc) is 2.04. The third-order valence-corrected chi connectivity index (χ3v) is 1.74. The molecule has 0 amide bonds. The summed E-state index contributed by atoms with van der Waals surface area (Å²) in [6.07, 6.45) is 2.82. The third kappa shape index (κ3) is 2.61. The van der Waals surface area contributed by atoms with Gasteiger partial charge in [-0.2, -0.15) is 0 Å². The van der Waals surface area contributed by atoms with Crippen LogP contribution in [-0.4, -0.2) is 16.3 Å². The Morgan fingerprint density at radius 2 is 2.15 bits per heavy atom. The standard InChI is InChI=1S/C10H14N2O/c1-10(2,3)8-4-6-11-9(12-8)5-7-13/h4,6-7H,5H2,1-3H3. The maximum absolute atomic E-state index is 10.3. The summed E-state index contributed by atoms with van der Waals surface area (Å²) in [5.41, 5.74) is 0.986. The fraction of sp³-hybridized carbons (Fsp3) is 0.500. The summed E-state index contributed by atoms with van der Waals surface area (Å²) in [6.45, 7) is 6.25. The Morgan fingerprint density at radius 1 is 1.46 bits per heavy atom. The van der Waals surface area contributed by atoms with Crippen LogP contribution in [0, 0.1) is 0 Å². The zero-order valence-corrected chi connectivity index (χ0v) is 8.24. The van der Waals surface area contributed by atoms with E-state index in [0.29, 0.717) is 12.2 Å². The lowest BCUT2D eigenvalue weighted by molar-refractivity contribution is -0.107. The number of rotatable bonds is 2. The normalized spacial score (nSPS) is 11.3. The fourth-order valence-electron chi connectivity index (χ4n) is 0.990. The Kier molecular flexibility index (Phi) is 2.76. The number of hydrogen-bond acceptors (Lipinski definition) is 3. The zero-order valence-electron chi connectivity index (χ0n) is 8.24. The molecule has 0 saturated carbocycles. The molecule has 0 saturated heterocycles. The lowest BCUT2D eigenvalue weighted by Crippen LogP contribution is -2.15. The van der Waals surface area contributed by atoms with Crippen molar-refractivity contribution in [1.29, 1.82) is 0 Å². The summed E-state index contributed by atoms with van der Waals surface area (Å²) in [7, 11) is 0. The van der Waals surface area contributed by atoms with Gasteiger partial charge in [0.1, 0.15) is 12.1 Å². The number of aromatic nitrogens is 2. The van der Waals surface area contributed by atoms with Crippen LogP contribution in [0.5, 0.6) is 0 Å². The van der Waals surface area contributed by atoms with Crippen LogP contribution in [0.3, 0.4) is 0 Å². The lowest BCUT2D eigenvalue weighted by atomic mass is 9.92. The SMILES string of the molecule is CC(C)(C)c1ccnc(CC=O)n1. The second-order valence-electron chi connectivity index (χ2n) is 3.98. The minimum Gasteiger partial charge on any atom is -0.303 e. The monoisotopic (exact) mass is 178 g/mol. The highest BCUT2D eigenvalue weighted by atomic mass is 16.1. The number of aldehydes is 1. The van der Waals surface area contributed by atoms with Gasteiger partial charge in [0.2, 0.25) is 0 Å². The highest BCUT2D eigenvalue weighted by molar-refractivity contribution is 5.52. The number of carbonyl (C=O) groups is 1. The van der Waals surface area contributed by atoms with Gasteiger partial charge in [-0.15, -0.1) is 0 Å². The largest absolute Gasteiger partial charge is 0.303 e. The van der Waals surface area contributed by atoms with Crippen molar-refractivity contribution < 1.29 is 4.79 Å². The van der Waals surface area contributed by atoms with Crippen molar-refractivity contribution in [3.05, 3.63) is 23.8 Å². The van der Waals surface area contributed by atoms with Crippen LogP contribution in [0.25, 0.3) is 0 Å². The lowest BCUT2D eigenvalue weighted by Gasteiger charge is -2.17. The molecule has 0 spiro atoms. The molecule has 0 aliphatic rings. The molecule has 1 aromatic heterocycles. The Hall–Kier alpha value is -1.25. The predicted octanol–water partition coefficient (Wildman–Crippen LogP) is 1.52.